The van der Waals surface area contributed by atoms with Gasteiger partial charge in [-0.2, -0.15) is 11.8 Å². The summed E-state index contributed by atoms with van der Waals surface area (Å²) >= 11 is 2.04. The lowest BCUT2D eigenvalue weighted by Crippen LogP contribution is -2.29. The molecule has 1 aliphatic rings. The van der Waals surface area contributed by atoms with E-state index >= 15 is 0 Å². The minimum atomic E-state index is 0.103. The molecular formula is C14H21NO2S. The van der Waals surface area contributed by atoms with Gasteiger partial charge in [0.15, 0.2) is 0 Å². The van der Waals surface area contributed by atoms with E-state index in [9.17, 15) is 10.2 Å². The fourth-order valence-electron chi connectivity index (χ4n) is 2.28. The van der Waals surface area contributed by atoms with Gasteiger partial charge < -0.3 is 15.5 Å². The van der Waals surface area contributed by atoms with Gasteiger partial charge in [-0.05, 0) is 31.6 Å². The summed E-state index contributed by atoms with van der Waals surface area (Å²) in [6.45, 7) is 3.02. The van der Waals surface area contributed by atoms with E-state index in [2.05, 4.69) is 5.32 Å². The van der Waals surface area contributed by atoms with E-state index in [-0.39, 0.29) is 17.5 Å². The normalized spacial score (nSPS) is 21.7. The van der Waals surface area contributed by atoms with Crippen molar-refractivity contribution in [2.75, 3.05) is 12.3 Å². The van der Waals surface area contributed by atoms with Crippen molar-refractivity contribution in [3.05, 3.63) is 23.8 Å². The molecule has 0 amide bonds. The number of phenolic OH excluding ortho intramolecular Hbond substituents is 2. The van der Waals surface area contributed by atoms with Crippen molar-refractivity contribution in [1.29, 1.82) is 0 Å². The Morgan fingerprint density at radius 1 is 1.39 bits per heavy atom. The number of nitrogens with one attached hydrogen (secondary N) is 1. The van der Waals surface area contributed by atoms with E-state index in [1.165, 1.54) is 31.1 Å². The number of hydrogen-bond donors (Lipinski definition) is 3. The van der Waals surface area contributed by atoms with Gasteiger partial charge in [-0.15, -0.1) is 0 Å². The molecule has 0 radical (unpaired) electrons. The molecule has 0 aromatic heterocycles. The van der Waals surface area contributed by atoms with E-state index in [0.29, 0.717) is 5.25 Å². The van der Waals surface area contributed by atoms with Crippen molar-refractivity contribution in [2.45, 2.75) is 37.5 Å². The molecule has 2 unspecified atom stereocenters. The highest BCUT2D eigenvalue weighted by Gasteiger charge is 2.16. The second kappa shape index (κ2) is 6.34. The first kappa shape index (κ1) is 13.6. The number of phenols is 2. The lowest BCUT2D eigenvalue weighted by atomic mass is 10.1. The molecule has 1 fully saturated rings. The molecule has 2 rings (SSSR count). The van der Waals surface area contributed by atoms with Crippen LogP contribution in [0.1, 0.15) is 37.8 Å². The quantitative estimate of drug-likeness (QED) is 0.785. The minimum Gasteiger partial charge on any atom is -0.508 e. The Morgan fingerprint density at radius 2 is 2.22 bits per heavy atom. The summed E-state index contributed by atoms with van der Waals surface area (Å²) < 4.78 is 0. The molecule has 18 heavy (non-hydrogen) atoms. The number of thioether (sulfide) groups is 1. The maximum absolute atomic E-state index is 9.79. The van der Waals surface area contributed by atoms with E-state index in [4.69, 9.17) is 0 Å². The molecule has 1 aromatic carbocycles. The van der Waals surface area contributed by atoms with Crippen LogP contribution in [0.3, 0.4) is 0 Å². The fraction of sp³-hybridized carbons (Fsp3) is 0.571. The molecule has 0 bridgehead atoms. The summed E-state index contributed by atoms with van der Waals surface area (Å²) in [5.41, 5.74) is 0.841. The summed E-state index contributed by atoms with van der Waals surface area (Å²) in [5, 5.41) is 23.2. The predicted molar refractivity (Wildman–Crippen MR) is 76.3 cm³/mol. The molecule has 1 saturated heterocycles. The zero-order chi connectivity index (χ0) is 13.0. The molecule has 4 heteroatoms. The van der Waals surface area contributed by atoms with E-state index in [1.54, 1.807) is 12.1 Å². The molecule has 100 valence electrons. The summed E-state index contributed by atoms with van der Waals surface area (Å²) in [7, 11) is 0. The fourth-order valence-corrected chi connectivity index (χ4v) is 3.54. The molecule has 1 heterocycles. The molecule has 0 saturated carbocycles. The smallest absolute Gasteiger partial charge is 0.124 e. The average molecular weight is 267 g/mol. The Morgan fingerprint density at radius 3 is 2.89 bits per heavy atom. The maximum atomic E-state index is 9.79. The molecular weight excluding hydrogens is 246 g/mol. The first-order valence-electron chi connectivity index (χ1n) is 6.53. The zero-order valence-corrected chi connectivity index (χ0v) is 11.5. The summed E-state index contributed by atoms with van der Waals surface area (Å²) in [5.74, 6) is 1.53. The van der Waals surface area contributed by atoms with E-state index in [1.807, 2.05) is 18.7 Å². The van der Waals surface area contributed by atoms with Crippen LogP contribution in [0.2, 0.25) is 0 Å². The van der Waals surface area contributed by atoms with Crippen LogP contribution in [-0.2, 0) is 0 Å². The summed E-state index contributed by atoms with van der Waals surface area (Å²) in [6.07, 6.45) is 3.96. The highest BCUT2D eigenvalue weighted by molar-refractivity contribution is 7.99. The summed E-state index contributed by atoms with van der Waals surface area (Å²) in [4.78, 5) is 0. The highest BCUT2D eigenvalue weighted by Crippen LogP contribution is 2.29. The van der Waals surface area contributed by atoms with Gasteiger partial charge >= 0.3 is 0 Å². The Hall–Kier alpha value is -0.870. The van der Waals surface area contributed by atoms with E-state index in [0.717, 1.165) is 12.1 Å². The molecule has 3 N–H and O–H groups in total. The largest absolute Gasteiger partial charge is 0.508 e. The highest BCUT2D eigenvalue weighted by atomic mass is 32.2. The number of aromatic hydroxyl groups is 2. The molecule has 0 aliphatic carbocycles. The first-order chi connectivity index (χ1) is 8.66. The number of rotatable bonds is 4. The van der Waals surface area contributed by atoms with Crippen LogP contribution in [0.25, 0.3) is 0 Å². The predicted octanol–water partition coefficient (Wildman–Crippen LogP) is 3.03. The molecule has 0 spiro atoms. The lowest BCUT2D eigenvalue weighted by molar-refractivity contribution is 0.435. The number of benzene rings is 1. The van der Waals surface area contributed by atoms with Crippen LogP contribution in [0, 0.1) is 0 Å². The van der Waals surface area contributed by atoms with Gasteiger partial charge in [0.1, 0.15) is 11.5 Å². The van der Waals surface area contributed by atoms with Crippen molar-refractivity contribution in [1.82, 2.24) is 5.32 Å². The average Bonchev–Trinajstić information content (AvgIpc) is 2.37. The third-order valence-corrected chi connectivity index (χ3v) is 4.80. The van der Waals surface area contributed by atoms with Crippen molar-refractivity contribution < 1.29 is 10.2 Å². The second-order valence-corrected chi connectivity index (χ2v) is 6.27. The van der Waals surface area contributed by atoms with Crippen LogP contribution >= 0.6 is 11.8 Å². The SMILES string of the molecule is CC(NCC1CCCCS1)c1ccc(O)cc1O. The van der Waals surface area contributed by atoms with Gasteiger partial charge in [0.05, 0.1) is 0 Å². The third-order valence-electron chi connectivity index (χ3n) is 3.41. The van der Waals surface area contributed by atoms with Gasteiger partial charge in [0.2, 0.25) is 0 Å². The van der Waals surface area contributed by atoms with Gasteiger partial charge in [0, 0.05) is 29.5 Å². The van der Waals surface area contributed by atoms with Crippen molar-refractivity contribution in [3.63, 3.8) is 0 Å². The van der Waals surface area contributed by atoms with Crippen molar-refractivity contribution >= 4 is 11.8 Å². The van der Waals surface area contributed by atoms with Gasteiger partial charge in [-0.1, -0.05) is 12.5 Å². The number of hydrogen-bond acceptors (Lipinski definition) is 4. The zero-order valence-electron chi connectivity index (χ0n) is 10.7. The van der Waals surface area contributed by atoms with Gasteiger partial charge in [-0.25, -0.2) is 0 Å². The van der Waals surface area contributed by atoms with Gasteiger partial charge in [0.25, 0.3) is 0 Å². The van der Waals surface area contributed by atoms with Crippen LogP contribution in [0.15, 0.2) is 18.2 Å². The van der Waals surface area contributed by atoms with Crippen molar-refractivity contribution in [2.24, 2.45) is 0 Å². The Balaban J connectivity index is 1.88. The Bertz CT molecular complexity index is 391. The monoisotopic (exact) mass is 267 g/mol. The van der Waals surface area contributed by atoms with Gasteiger partial charge in [-0.3, -0.25) is 0 Å². The summed E-state index contributed by atoms with van der Waals surface area (Å²) in [6, 6.07) is 4.88. The second-order valence-electron chi connectivity index (χ2n) is 4.86. The lowest BCUT2D eigenvalue weighted by Gasteiger charge is -2.24. The molecule has 1 aromatic rings. The first-order valence-corrected chi connectivity index (χ1v) is 7.58. The van der Waals surface area contributed by atoms with Crippen LogP contribution in [0.4, 0.5) is 0 Å². The standard InChI is InChI=1S/C14H21NO2S/c1-10(13-6-5-11(16)8-14(13)17)15-9-12-4-2-3-7-18-12/h5-6,8,10,12,15-17H,2-4,7,9H2,1H3. The molecule has 2 atom stereocenters. The van der Waals surface area contributed by atoms with Crippen LogP contribution in [0.5, 0.6) is 11.5 Å². The molecule has 1 aliphatic heterocycles. The molecule has 3 nitrogen and oxygen atoms in total. The van der Waals surface area contributed by atoms with E-state index < -0.39 is 0 Å². The Labute approximate surface area is 113 Å². The Kier molecular flexibility index (Phi) is 4.78. The van der Waals surface area contributed by atoms with Crippen LogP contribution in [-0.4, -0.2) is 27.8 Å². The maximum Gasteiger partial charge on any atom is 0.124 e. The minimum absolute atomic E-state index is 0.103. The third kappa shape index (κ3) is 3.56. The topological polar surface area (TPSA) is 52.5 Å². The van der Waals surface area contributed by atoms with Crippen molar-refractivity contribution in [3.8, 4) is 11.5 Å². The van der Waals surface area contributed by atoms with Crippen LogP contribution < -0.4 is 5.32 Å².